The summed E-state index contributed by atoms with van der Waals surface area (Å²) in [4.78, 5) is 2.51. The van der Waals surface area contributed by atoms with Crippen LogP contribution in [0.5, 0.6) is 0 Å². The van der Waals surface area contributed by atoms with E-state index in [1.165, 1.54) is 25.9 Å². The maximum absolute atomic E-state index is 5.26. The Morgan fingerprint density at radius 1 is 1.36 bits per heavy atom. The van der Waals surface area contributed by atoms with E-state index < -0.39 is 0 Å². The Morgan fingerprint density at radius 2 is 1.91 bits per heavy atom. The van der Waals surface area contributed by atoms with Crippen LogP contribution in [-0.2, 0) is 3.07 Å². The average molecular weight is 269 g/mol. The minimum atomic E-state index is 0.505. The van der Waals surface area contributed by atoms with Crippen LogP contribution in [0.2, 0.25) is 0 Å². The molecule has 0 aromatic rings. The number of likely N-dealkylation sites (tertiary alicyclic amines) is 1. The summed E-state index contributed by atoms with van der Waals surface area (Å²) in [6.07, 6.45) is 2.90. The molecular formula is C8H16INO. The fourth-order valence-corrected chi connectivity index (χ4v) is 1.99. The number of piperidine rings is 1. The van der Waals surface area contributed by atoms with Gasteiger partial charge < -0.3 is 7.97 Å². The van der Waals surface area contributed by atoms with Crippen LogP contribution >= 0.6 is 23.0 Å². The van der Waals surface area contributed by atoms with Gasteiger partial charge in [0.1, 0.15) is 23.0 Å². The average Bonchev–Trinajstić information content (AvgIpc) is 2.05. The standard InChI is InChI=1S/C8H16INO/c1-7(2)10-5-3-8(11-9)4-6-10/h7-8H,3-6H2,1-2H3. The van der Waals surface area contributed by atoms with E-state index in [4.69, 9.17) is 3.07 Å². The number of hydrogen-bond donors (Lipinski definition) is 0. The summed E-state index contributed by atoms with van der Waals surface area (Å²) in [6.45, 7) is 6.91. The molecule has 0 bridgehead atoms. The van der Waals surface area contributed by atoms with Gasteiger partial charge in [-0.25, -0.2) is 0 Å². The van der Waals surface area contributed by atoms with Crippen LogP contribution in [0.4, 0.5) is 0 Å². The molecule has 0 spiro atoms. The zero-order valence-electron chi connectivity index (χ0n) is 7.22. The number of halogens is 1. The second-order valence-electron chi connectivity index (χ2n) is 3.42. The van der Waals surface area contributed by atoms with Crippen LogP contribution in [0.15, 0.2) is 0 Å². The Hall–Kier alpha value is 0.650. The first-order valence-electron chi connectivity index (χ1n) is 4.25. The molecule has 2 nitrogen and oxygen atoms in total. The molecule has 11 heavy (non-hydrogen) atoms. The Kier molecular flexibility index (Phi) is 4.09. The third-order valence-electron chi connectivity index (χ3n) is 2.33. The predicted octanol–water partition coefficient (Wildman–Crippen LogP) is 2.23. The van der Waals surface area contributed by atoms with Crippen molar-refractivity contribution in [3.63, 3.8) is 0 Å². The molecule has 0 unspecified atom stereocenters. The first-order valence-corrected chi connectivity index (χ1v) is 5.13. The minimum Gasteiger partial charge on any atom is -0.312 e. The lowest BCUT2D eigenvalue weighted by molar-refractivity contribution is 0.111. The number of rotatable bonds is 2. The molecule has 3 heteroatoms. The summed E-state index contributed by atoms with van der Waals surface area (Å²) in [5.74, 6) is 0. The van der Waals surface area contributed by atoms with Crippen LogP contribution in [0.1, 0.15) is 26.7 Å². The van der Waals surface area contributed by atoms with Gasteiger partial charge in [-0.05, 0) is 26.7 Å². The van der Waals surface area contributed by atoms with E-state index >= 15 is 0 Å². The molecule has 1 rings (SSSR count). The molecule has 0 atom stereocenters. The highest BCUT2D eigenvalue weighted by Gasteiger charge is 2.20. The van der Waals surface area contributed by atoms with Gasteiger partial charge in [-0.1, -0.05) is 0 Å². The highest BCUT2D eigenvalue weighted by Crippen LogP contribution is 2.17. The summed E-state index contributed by atoms with van der Waals surface area (Å²) in [6, 6.07) is 0.699. The Bertz CT molecular complexity index is 111. The molecule has 1 fully saturated rings. The van der Waals surface area contributed by atoms with Gasteiger partial charge in [0.2, 0.25) is 0 Å². The van der Waals surface area contributed by atoms with Crippen molar-refractivity contribution >= 4 is 23.0 Å². The van der Waals surface area contributed by atoms with E-state index in [1.54, 1.807) is 0 Å². The summed E-state index contributed by atoms with van der Waals surface area (Å²) in [7, 11) is 0. The second kappa shape index (κ2) is 4.62. The molecule has 1 aliphatic heterocycles. The minimum absolute atomic E-state index is 0.505. The van der Waals surface area contributed by atoms with Crippen LogP contribution < -0.4 is 0 Å². The van der Waals surface area contributed by atoms with E-state index in [0.29, 0.717) is 12.1 Å². The van der Waals surface area contributed by atoms with Crippen molar-refractivity contribution in [1.29, 1.82) is 0 Å². The first kappa shape index (κ1) is 9.74. The third-order valence-corrected chi connectivity index (χ3v) is 3.05. The Labute approximate surface area is 83.0 Å². The summed E-state index contributed by atoms with van der Waals surface area (Å²) in [5, 5.41) is 0. The summed E-state index contributed by atoms with van der Waals surface area (Å²) in [5.41, 5.74) is 0. The maximum Gasteiger partial charge on any atom is 0.110 e. The van der Waals surface area contributed by atoms with E-state index in [2.05, 4.69) is 18.7 Å². The molecule has 0 aromatic heterocycles. The van der Waals surface area contributed by atoms with Crippen molar-refractivity contribution in [3.8, 4) is 0 Å². The van der Waals surface area contributed by atoms with E-state index in [0.717, 1.165) is 0 Å². The first-order chi connectivity index (χ1) is 5.24. The van der Waals surface area contributed by atoms with Crippen molar-refractivity contribution in [3.05, 3.63) is 0 Å². The normalized spacial score (nSPS) is 22.9. The predicted molar refractivity (Wildman–Crippen MR) is 54.8 cm³/mol. The highest BCUT2D eigenvalue weighted by molar-refractivity contribution is 14.1. The SMILES string of the molecule is CC(C)N1CCC(OI)CC1. The van der Waals surface area contributed by atoms with E-state index in [9.17, 15) is 0 Å². The smallest absolute Gasteiger partial charge is 0.110 e. The molecule has 0 N–H and O–H groups in total. The van der Waals surface area contributed by atoms with Crippen molar-refractivity contribution in [2.45, 2.75) is 38.8 Å². The van der Waals surface area contributed by atoms with Gasteiger partial charge >= 0.3 is 0 Å². The number of hydrogen-bond acceptors (Lipinski definition) is 2. The zero-order chi connectivity index (χ0) is 8.27. The van der Waals surface area contributed by atoms with Crippen LogP contribution in [0.25, 0.3) is 0 Å². The largest absolute Gasteiger partial charge is 0.312 e. The van der Waals surface area contributed by atoms with E-state index in [1.807, 2.05) is 23.0 Å². The summed E-state index contributed by atoms with van der Waals surface area (Å²) >= 11 is 2.01. The van der Waals surface area contributed by atoms with Gasteiger partial charge in [-0.3, -0.25) is 0 Å². The van der Waals surface area contributed by atoms with Crippen molar-refractivity contribution in [1.82, 2.24) is 4.90 Å². The molecule has 0 radical (unpaired) electrons. The quantitative estimate of drug-likeness (QED) is 0.713. The molecule has 1 heterocycles. The third kappa shape index (κ3) is 2.87. The molecule has 1 saturated heterocycles. The summed E-state index contributed by atoms with van der Waals surface area (Å²) < 4.78 is 5.26. The second-order valence-corrected chi connectivity index (χ2v) is 3.93. The van der Waals surface area contributed by atoms with Crippen molar-refractivity contribution in [2.24, 2.45) is 0 Å². The fourth-order valence-electron chi connectivity index (χ4n) is 1.48. The Morgan fingerprint density at radius 3 is 2.27 bits per heavy atom. The highest BCUT2D eigenvalue weighted by atomic mass is 127. The van der Waals surface area contributed by atoms with Crippen molar-refractivity contribution < 1.29 is 3.07 Å². The lowest BCUT2D eigenvalue weighted by Gasteiger charge is -2.33. The monoisotopic (exact) mass is 269 g/mol. The zero-order valence-corrected chi connectivity index (χ0v) is 9.37. The molecule has 66 valence electrons. The topological polar surface area (TPSA) is 12.5 Å². The Balaban J connectivity index is 2.24. The maximum atomic E-state index is 5.26. The van der Waals surface area contributed by atoms with Gasteiger partial charge in [0.15, 0.2) is 0 Å². The van der Waals surface area contributed by atoms with Gasteiger partial charge in [0.05, 0.1) is 6.10 Å². The number of nitrogens with zero attached hydrogens (tertiary/aromatic N) is 1. The van der Waals surface area contributed by atoms with Gasteiger partial charge in [0.25, 0.3) is 0 Å². The molecular weight excluding hydrogens is 253 g/mol. The van der Waals surface area contributed by atoms with Crippen molar-refractivity contribution in [2.75, 3.05) is 13.1 Å². The van der Waals surface area contributed by atoms with Gasteiger partial charge in [-0.15, -0.1) is 0 Å². The molecule has 0 aromatic carbocycles. The fraction of sp³-hybridized carbons (Fsp3) is 1.00. The lowest BCUT2D eigenvalue weighted by Crippen LogP contribution is -2.40. The molecule has 1 aliphatic rings. The molecule has 0 amide bonds. The van der Waals surface area contributed by atoms with Gasteiger partial charge in [-0.2, -0.15) is 0 Å². The van der Waals surface area contributed by atoms with Crippen LogP contribution in [0, 0.1) is 0 Å². The molecule has 0 aliphatic carbocycles. The van der Waals surface area contributed by atoms with E-state index in [-0.39, 0.29) is 0 Å². The van der Waals surface area contributed by atoms with Crippen LogP contribution in [-0.4, -0.2) is 30.1 Å². The van der Waals surface area contributed by atoms with Gasteiger partial charge in [0, 0.05) is 19.1 Å². The lowest BCUT2D eigenvalue weighted by atomic mass is 10.1. The molecule has 0 saturated carbocycles. The van der Waals surface area contributed by atoms with Crippen LogP contribution in [0.3, 0.4) is 0 Å².